The van der Waals surface area contributed by atoms with Gasteiger partial charge in [0.05, 0.1) is 18.4 Å². The molecule has 5 rings (SSSR count). The van der Waals surface area contributed by atoms with Crippen LogP contribution < -0.4 is 10.1 Å². The number of carbonyl (C=O) groups excluding carboxylic acids is 1. The lowest BCUT2D eigenvalue weighted by Crippen LogP contribution is -2.31. The van der Waals surface area contributed by atoms with E-state index >= 15 is 0 Å². The summed E-state index contributed by atoms with van der Waals surface area (Å²) in [7, 11) is 0. The molecule has 0 spiro atoms. The third-order valence-electron chi connectivity index (χ3n) is 7.30. The third kappa shape index (κ3) is 6.70. The summed E-state index contributed by atoms with van der Waals surface area (Å²) in [5.74, 6) is 1.50. The third-order valence-corrected chi connectivity index (χ3v) is 8.40. The number of ether oxygens (including phenoxy) is 2. The van der Waals surface area contributed by atoms with Crippen LogP contribution in [0.25, 0.3) is 11.3 Å². The molecule has 0 aliphatic carbocycles. The standard InChI is InChI=1S/C32H33ClN2O3S/c1-20(2)27-16-24(26-6-4-5-7-28(26)33)17-38-31(27)23-12-14-25(15-13-23)37-18-30(36)35-32-34-29(19-39-32)22-10-8-21(3)9-11-22/h4-15,19-20,24,27,31H,16-18H2,1-3H3,(H,34,35,36)/t24-,27-,31-/m0/s1. The van der Waals surface area contributed by atoms with E-state index in [2.05, 4.69) is 30.2 Å². The second-order valence-electron chi connectivity index (χ2n) is 10.4. The van der Waals surface area contributed by atoms with E-state index in [4.69, 9.17) is 21.1 Å². The number of rotatable bonds is 8. The Morgan fingerprint density at radius 3 is 2.56 bits per heavy atom. The van der Waals surface area contributed by atoms with Crippen molar-refractivity contribution in [2.45, 2.75) is 39.2 Å². The van der Waals surface area contributed by atoms with Crippen molar-refractivity contribution < 1.29 is 14.3 Å². The number of aromatic nitrogens is 1. The van der Waals surface area contributed by atoms with Gasteiger partial charge < -0.3 is 9.47 Å². The van der Waals surface area contributed by atoms with Gasteiger partial charge in [-0.3, -0.25) is 10.1 Å². The molecule has 202 valence electrons. The molecular formula is C32H33ClN2O3S. The van der Waals surface area contributed by atoms with Gasteiger partial charge in [-0.25, -0.2) is 4.98 Å². The highest BCUT2D eigenvalue weighted by Crippen LogP contribution is 2.44. The average molecular weight is 561 g/mol. The summed E-state index contributed by atoms with van der Waals surface area (Å²) >= 11 is 7.88. The summed E-state index contributed by atoms with van der Waals surface area (Å²) in [6.45, 7) is 7.09. The zero-order chi connectivity index (χ0) is 27.4. The quantitative estimate of drug-likeness (QED) is 0.235. The Kier molecular flexibility index (Phi) is 8.66. The number of thiazole rings is 1. The molecule has 0 unspecified atom stereocenters. The zero-order valence-electron chi connectivity index (χ0n) is 22.4. The summed E-state index contributed by atoms with van der Waals surface area (Å²) in [5, 5.41) is 6.13. The van der Waals surface area contributed by atoms with Crippen molar-refractivity contribution in [1.82, 2.24) is 4.98 Å². The normalized spacial score (nSPS) is 19.2. The van der Waals surface area contributed by atoms with Gasteiger partial charge in [0.15, 0.2) is 11.7 Å². The van der Waals surface area contributed by atoms with Gasteiger partial charge in [0, 0.05) is 21.9 Å². The highest BCUT2D eigenvalue weighted by Gasteiger charge is 2.35. The number of aryl methyl sites for hydroxylation is 1. The average Bonchev–Trinajstić information content (AvgIpc) is 3.41. The smallest absolute Gasteiger partial charge is 0.264 e. The van der Waals surface area contributed by atoms with E-state index < -0.39 is 0 Å². The lowest BCUT2D eigenvalue weighted by Gasteiger charge is -2.39. The highest BCUT2D eigenvalue weighted by molar-refractivity contribution is 7.14. The molecule has 4 aromatic rings. The lowest BCUT2D eigenvalue weighted by molar-refractivity contribution is -0.118. The van der Waals surface area contributed by atoms with Gasteiger partial charge in [0.1, 0.15) is 5.75 Å². The number of amides is 1. The maximum atomic E-state index is 12.5. The van der Waals surface area contributed by atoms with Crippen molar-refractivity contribution >= 4 is 34.0 Å². The Hall–Kier alpha value is -3.19. The number of carbonyl (C=O) groups is 1. The summed E-state index contributed by atoms with van der Waals surface area (Å²) in [4.78, 5) is 17.0. The van der Waals surface area contributed by atoms with Crippen LogP contribution in [-0.4, -0.2) is 24.1 Å². The van der Waals surface area contributed by atoms with Gasteiger partial charge in [0.25, 0.3) is 5.91 Å². The Morgan fingerprint density at radius 1 is 1.10 bits per heavy atom. The van der Waals surface area contributed by atoms with Gasteiger partial charge >= 0.3 is 0 Å². The molecule has 1 aromatic heterocycles. The van der Waals surface area contributed by atoms with E-state index in [0.29, 0.717) is 29.3 Å². The fraction of sp³-hybridized carbons (Fsp3) is 0.312. The lowest BCUT2D eigenvalue weighted by atomic mass is 9.76. The van der Waals surface area contributed by atoms with Crippen molar-refractivity contribution in [2.24, 2.45) is 11.8 Å². The van der Waals surface area contributed by atoms with Crippen molar-refractivity contribution in [3.8, 4) is 17.0 Å². The van der Waals surface area contributed by atoms with Gasteiger partial charge in [-0.1, -0.05) is 85.6 Å². The Labute approximate surface area is 239 Å². The first-order chi connectivity index (χ1) is 18.9. The topological polar surface area (TPSA) is 60.5 Å². The first kappa shape index (κ1) is 27.4. The maximum absolute atomic E-state index is 12.5. The Balaban J connectivity index is 1.16. The predicted octanol–water partition coefficient (Wildman–Crippen LogP) is 8.31. The molecule has 0 bridgehead atoms. The number of benzene rings is 3. The molecule has 1 saturated heterocycles. The van der Waals surface area contributed by atoms with Gasteiger partial charge in [0.2, 0.25) is 0 Å². The molecule has 5 nitrogen and oxygen atoms in total. The predicted molar refractivity (Wildman–Crippen MR) is 159 cm³/mol. The number of anilines is 1. The number of hydrogen-bond acceptors (Lipinski definition) is 5. The van der Waals surface area contributed by atoms with Crippen LogP contribution >= 0.6 is 22.9 Å². The molecule has 1 amide bonds. The molecule has 3 atom stereocenters. The second kappa shape index (κ2) is 12.3. The molecule has 0 radical (unpaired) electrons. The molecule has 1 fully saturated rings. The molecule has 39 heavy (non-hydrogen) atoms. The first-order valence-corrected chi connectivity index (χ1v) is 14.5. The SMILES string of the molecule is Cc1ccc(-c2csc(NC(=O)COc3ccc([C@@H]4OC[C@@H](c5ccccc5Cl)C[C@H]4C(C)C)cc3)n2)cc1. The van der Waals surface area contributed by atoms with Gasteiger partial charge in [-0.2, -0.15) is 0 Å². The molecule has 0 saturated carbocycles. The second-order valence-corrected chi connectivity index (χ2v) is 11.7. The summed E-state index contributed by atoms with van der Waals surface area (Å²) in [6.07, 6.45) is 1.03. The van der Waals surface area contributed by atoms with E-state index in [1.165, 1.54) is 16.9 Å². The maximum Gasteiger partial charge on any atom is 0.264 e. The van der Waals surface area contributed by atoms with Crippen molar-refractivity contribution in [2.75, 3.05) is 18.5 Å². The fourth-order valence-corrected chi connectivity index (χ4v) is 6.12. The highest BCUT2D eigenvalue weighted by atomic mass is 35.5. The molecule has 2 heterocycles. The Morgan fingerprint density at radius 2 is 1.85 bits per heavy atom. The van der Waals surface area contributed by atoms with E-state index in [-0.39, 0.29) is 24.5 Å². The van der Waals surface area contributed by atoms with E-state index in [1.54, 1.807) is 0 Å². The van der Waals surface area contributed by atoms with Crippen molar-refractivity contribution in [3.63, 3.8) is 0 Å². The number of halogens is 1. The van der Waals surface area contributed by atoms with Crippen LogP contribution in [0.1, 0.15) is 49.0 Å². The molecule has 7 heteroatoms. The van der Waals surface area contributed by atoms with Crippen LogP contribution in [0.4, 0.5) is 5.13 Å². The van der Waals surface area contributed by atoms with E-state index in [0.717, 1.165) is 33.8 Å². The van der Waals surface area contributed by atoms with Crippen LogP contribution in [0.2, 0.25) is 5.02 Å². The number of nitrogens with one attached hydrogen (secondary N) is 1. The van der Waals surface area contributed by atoms with Crippen molar-refractivity contribution in [1.29, 1.82) is 0 Å². The molecule has 1 aliphatic heterocycles. The van der Waals surface area contributed by atoms with Gasteiger partial charge in [-0.15, -0.1) is 11.3 Å². The fourth-order valence-electron chi connectivity index (χ4n) is 5.10. The summed E-state index contributed by atoms with van der Waals surface area (Å²) in [6, 6.07) is 24.1. The number of hydrogen-bond donors (Lipinski definition) is 1. The van der Waals surface area contributed by atoms with E-state index in [1.807, 2.05) is 79.0 Å². The van der Waals surface area contributed by atoms with Crippen LogP contribution in [-0.2, 0) is 9.53 Å². The Bertz CT molecular complexity index is 1400. The van der Waals surface area contributed by atoms with Crippen LogP contribution in [0.5, 0.6) is 5.75 Å². The van der Waals surface area contributed by atoms with Crippen LogP contribution in [0.15, 0.2) is 78.2 Å². The molecule has 3 aromatic carbocycles. The number of nitrogens with zero attached hydrogens (tertiary/aromatic N) is 1. The zero-order valence-corrected chi connectivity index (χ0v) is 24.0. The minimum Gasteiger partial charge on any atom is -0.484 e. The monoisotopic (exact) mass is 560 g/mol. The van der Waals surface area contributed by atoms with E-state index in [9.17, 15) is 4.79 Å². The first-order valence-electron chi connectivity index (χ1n) is 13.3. The van der Waals surface area contributed by atoms with Crippen LogP contribution in [0.3, 0.4) is 0 Å². The summed E-state index contributed by atoms with van der Waals surface area (Å²) in [5.41, 5.74) is 5.34. The minimum absolute atomic E-state index is 0.00807. The summed E-state index contributed by atoms with van der Waals surface area (Å²) < 4.78 is 12.2. The largest absolute Gasteiger partial charge is 0.484 e. The molecule has 1 N–H and O–H groups in total. The van der Waals surface area contributed by atoms with Crippen LogP contribution in [0, 0.1) is 18.8 Å². The molecular weight excluding hydrogens is 528 g/mol. The molecule has 1 aliphatic rings. The van der Waals surface area contributed by atoms with Crippen molar-refractivity contribution in [3.05, 3.63) is 99.9 Å². The van der Waals surface area contributed by atoms with Gasteiger partial charge in [-0.05, 0) is 54.5 Å². The minimum atomic E-state index is -0.245.